The van der Waals surface area contributed by atoms with E-state index in [9.17, 15) is 0 Å². The number of rotatable bonds is 4. The van der Waals surface area contributed by atoms with E-state index in [0.29, 0.717) is 0 Å². The molecule has 0 saturated heterocycles. The summed E-state index contributed by atoms with van der Waals surface area (Å²) in [6, 6.07) is 12.0. The number of aryl methyl sites for hydroxylation is 2. The largest absolute Gasteiger partial charge is 0.457 e. The van der Waals surface area contributed by atoms with Crippen LogP contribution in [0.1, 0.15) is 23.6 Å². The summed E-state index contributed by atoms with van der Waals surface area (Å²) < 4.78 is 6.02. The second kappa shape index (κ2) is 6.29. The van der Waals surface area contributed by atoms with Gasteiger partial charge in [-0.3, -0.25) is 0 Å². The molecule has 2 N–H and O–H groups in total. The number of hydrogen-bond donors (Lipinski definition) is 1. The van der Waals surface area contributed by atoms with Crippen LogP contribution in [0.3, 0.4) is 0 Å². The first-order valence-electron chi connectivity index (χ1n) is 6.75. The summed E-state index contributed by atoms with van der Waals surface area (Å²) in [5.74, 6) is 1.70. The SMILES string of the molecule is Cc1cc(Cl)ccc1Oc1cc(CC(C)N)ccc1C. The molecule has 2 aromatic rings. The molecule has 2 aromatic carbocycles. The highest BCUT2D eigenvalue weighted by molar-refractivity contribution is 6.30. The van der Waals surface area contributed by atoms with E-state index >= 15 is 0 Å². The maximum Gasteiger partial charge on any atom is 0.130 e. The lowest BCUT2D eigenvalue weighted by molar-refractivity contribution is 0.474. The Morgan fingerprint density at radius 1 is 1.05 bits per heavy atom. The molecule has 0 aliphatic carbocycles. The summed E-state index contributed by atoms with van der Waals surface area (Å²) >= 11 is 5.96. The fraction of sp³-hybridized carbons (Fsp3) is 0.294. The van der Waals surface area contributed by atoms with E-state index in [1.54, 1.807) is 0 Å². The molecule has 0 bridgehead atoms. The second-order valence-electron chi connectivity index (χ2n) is 5.29. The maximum absolute atomic E-state index is 6.02. The molecule has 1 atom stereocenters. The molecule has 2 rings (SSSR count). The Bertz CT molecular complexity index is 608. The minimum Gasteiger partial charge on any atom is -0.457 e. The van der Waals surface area contributed by atoms with E-state index in [2.05, 4.69) is 18.2 Å². The second-order valence-corrected chi connectivity index (χ2v) is 5.73. The third kappa shape index (κ3) is 3.75. The van der Waals surface area contributed by atoms with E-state index in [1.165, 1.54) is 5.56 Å². The smallest absolute Gasteiger partial charge is 0.130 e. The van der Waals surface area contributed by atoms with Crippen molar-refractivity contribution in [2.75, 3.05) is 0 Å². The van der Waals surface area contributed by atoms with E-state index in [1.807, 2.05) is 39.0 Å². The molecule has 1 unspecified atom stereocenters. The van der Waals surface area contributed by atoms with Crippen LogP contribution >= 0.6 is 11.6 Å². The van der Waals surface area contributed by atoms with Gasteiger partial charge in [-0.15, -0.1) is 0 Å². The zero-order valence-corrected chi connectivity index (χ0v) is 12.9. The summed E-state index contributed by atoms with van der Waals surface area (Å²) in [5, 5.41) is 0.720. The lowest BCUT2D eigenvalue weighted by Crippen LogP contribution is -2.17. The van der Waals surface area contributed by atoms with Crippen LogP contribution in [0, 0.1) is 13.8 Å². The van der Waals surface area contributed by atoms with Crippen LogP contribution in [0.15, 0.2) is 36.4 Å². The zero-order valence-electron chi connectivity index (χ0n) is 12.1. The predicted molar refractivity (Wildman–Crippen MR) is 84.8 cm³/mol. The first kappa shape index (κ1) is 14.9. The van der Waals surface area contributed by atoms with Crippen LogP contribution in [-0.4, -0.2) is 6.04 Å². The highest BCUT2D eigenvalue weighted by atomic mass is 35.5. The Morgan fingerprint density at radius 3 is 2.45 bits per heavy atom. The zero-order chi connectivity index (χ0) is 14.7. The van der Waals surface area contributed by atoms with Crippen molar-refractivity contribution in [3.8, 4) is 11.5 Å². The van der Waals surface area contributed by atoms with Gasteiger partial charge in [0.05, 0.1) is 0 Å². The minimum absolute atomic E-state index is 0.142. The molecule has 3 heteroatoms. The number of benzene rings is 2. The van der Waals surface area contributed by atoms with Gasteiger partial charge in [0.15, 0.2) is 0 Å². The summed E-state index contributed by atoms with van der Waals surface area (Å²) in [7, 11) is 0. The van der Waals surface area contributed by atoms with Gasteiger partial charge in [0.25, 0.3) is 0 Å². The molecule has 20 heavy (non-hydrogen) atoms. The van der Waals surface area contributed by atoms with Gasteiger partial charge in [-0.25, -0.2) is 0 Å². The van der Waals surface area contributed by atoms with Gasteiger partial charge in [-0.2, -0.15) is 0 Å². The third-order valence-electron chi connectivity index (χ3n) is 3.17. The molecule has 0 aromatic heterocycles. The van der Waals surface area contributed by atoms with Crippen molar-refractivity contribution < 1.29 is 4.74 Å². The van der Waals surface area contributed by atoms with Crippen molar-refractivity contribution in [2.45, 2.75) is 33.2 Å². The molecule has 0 aliphatic heterocycles. The fourth-order valence-corrected chi connectivity index (χ4v) is 2.33. The number of halogens is 1. The maximum atomic E-state index is 6.02. The summed E-state index contributed by atoms with van der Waals surface area (Å²) in [4.78, 5) is 0. The summed E-state index contributed by atoms with van der Waals surface area (Å²) in [6.45, 7) is 6.03. The minimum atomic E-state index is 0.142. The molecule has 0 amide bonds. The lowest BCUT2D eigenvalue weighted by atomic mass is 10.1. The number of ether oxygens (including phenoxy) is 1. The Balaban J connectivity index is 2.27. The van der Waals surface area contributed by atoms with E-state index in [0.717, 1.165) is 34.1 Å². The quantitative estimate of drug-likeness (QED) is 0.890. The highest BCUT2D eigenvalue weighted by Crippen LogP contribution is 2.30. The number of hydrogen-bond acceptors (Lipinski definition) is 2. The van der Waals surface area contributed by atoms with Crippen LogP contribution < -0.4 is 10.5 Å². The monoisotopic (exact) mass is 289 g/mol. The van der Waals surface area contributed by atoms with Crippen LogP contribution in [0.25, 0.3) is 0 Å². The molecule has 106 valence electrons. The third-order valence-corrected chi connectivity index (χ3v) is 3.40. The van der Waals surface area contributed by atoms with Crippen molar-refractivity contribution in [2.24, 2.45) is 5.73 Å². The number of nitrogens with two attached hydrogens (primary N) is 1. The van der Waals surface area contributed by atoms with Gasteiger partial charge in [-0.05, 0) is 68.1 Å². The normalized spacial score (nSPS) is 12.2. The van der Waals surface area contributed by atoms with E-state index in [4.69, 9.17) is 22.1 Å². The summed E-state index contributed by atoms with van der Waals surface area (Å²) in [5.41, 5.74) is 9.16. The van der Waals surface area contributed by atoms with Crippen molar-refractivity contribution >= 4 is 11.6 Å². The average molecular weight is 290 g/mol. The standard InChI is InChI=1S/C17H20ClNO/c1-11-4-5-14(9-13(3)19)10-17(11)20-16-7-6-15(18)8-12(16)2/h4-8,10,13H,9,19H2,1-3H3. The molecule has 2 nitrogen and oxygen atoms in total. The van der Waals surface area contributed by atoms with Crippen LogP contribution in [0.5, 0.6) is 11.5 Å². The molecular formula is C17H20ClNO. The Kier molecular flexibility index (Phi) is 4.69. The average Bonchev–Trinajstić information content (AvgIpc) is 2.36. The van der Waals surface area contributed by atoms with Gasteiger partial charge in [0, 0.05) is 11.1 Å². The topological polar surface area (TPSA) is 35.2 Å². The Morgan fingerprint density at radius 2 is 1.80 bits per heavy atom. The molecular weight excluding hydrogens is 270 g/mol. The molecule has 0 fully saturated rings. The van der Waals surface area contributed by atoms with Crippen molar-refractivity contribution in [1.82, 2.24) is 0 Å². The molecule has 0 spiro atoms. The van der Waals surface area contributed by atoms with Gasteiger partial charge >= 0.3 is 0 Å². The van der Waals surface area contributed by atoms with Crippen molar-refractivity contribution in [1.29, 1.82) is 0 Å². The predicted octanol–water partition coefficient (Wildman–Crippen LogP) is 4.64. The van der Waals surface area contributed by atoms with E-state index < -0.39 is 0 Å². The summed E-state index contributed by atoms with van der Waals surface area (Å²) in [6.07, 6.45) is 0.843. The Hall–Kier alpha value is -1.51. The van der Waals surface area contributed by atoms with Crippen molar-refractivity contribution in [3.05, 3.63) is 58.1 Å². The first-order valence-corrected chi connectivity index (χ1v) is 7.12. The van der Waals surface area contributed by atoms with Crippen molar-refractivity contribution in [3.63, 3.8) is 0 Å². The fourth-order valence-electron chi connectivity index (χ4n) is 2.10. The van der Waals surface area contributed by atoms with Gasteiger partial charge in [-0.1, -0.05) is 23.7 Å². The molecule has 0 aliphatic rings. The van der Waals surface area contributed by atoms with Gasteiger partial charge in [0.2, 0.25) is 0 Å². The molecule has 0 saturated carbocycles. The van der Waals surface area contributed by atoms with Crippen LogP contribution in [0.4, 0.5) is 0 Å². The van der Waals surface area contributed by atoms with Gasteiger partial charge < -0.3 is 10.5 Å². The van der Waals surface area contributed by atoms with Gasteiger partial charge in [0.1, 0.15) is 11.5 Å². The molecule has 0 heterocycles. The van der Waals surface area contributed by atoms with Crippen LogP contribution in [-0.2, 0) is 6.42 Å². The first-order chi connectivity index (χ1) is 9.45. The van der Waals surface area contributed by atoms with Crippen LogP contribution in [0.2, 0.25) is 5.02 Å². The molecule has 0 radical (unpaired) electrons. The van der Waals surface area contributed by atoms with E-state index in [-0.39, 0.29) is 6.04 Å². The lowest BCUT2D eigenvalue weighted by Gasteiger charge is -2.13. The highest BCUT2D eigenvalue weighted by Gasteiger charge is 2.07. The Labute approximate surface area is 125 Å².